The number of hydrogen-bond donors (Lipinski definition) is 5. The van der Waals surface area contributed by atoms with E-state index in [1.165, 1.54) is 0 Å². The fraction of sp³-hybridized carbons (Fsp3) is 0.800. The monoisotopic (exact) mass is 945 g/mol. The molecule has 1 aliphatic heterocycles. The maximum atomic E-state index is 11.8. The molecule has 7 N–H and O–H groups in total. The van der Waals surface area contributed by atoms with E-state index < -0.39 is 0 Å². The minimum absolute atomic E-state index is 0.00847. The largest absolute Gasteiger partial charge is 0.379 e. The van der Waals surface area contributed by atoms with E-state index in [2.05, 4.69) is 16.0 Å². The minimum atomic E-state index is -0.311. The van der Waals surface area contributed by atoms with Crippen LogP contribution in [0.3, 0.4) is 0 Å². The Morgan fingerprint density at radius 1 is 0.561 bits per heavy atom. The van der Waals surface area contributed by atoms with Gasteiger partial charge in [-0.1, -0.05) is 40.5 Å². The highest BCUT2D eigenvalue weighted by Gasteiger charge is 2.35. The first kappa shape index (κ1) is 61.6. The SMILES string of the molecule is CC(CCCCNC(=O)COCCOCCNC(=O)CCN1C(=O)CC(C)C1=O)C(N)=O.CCC(=O)CCCOCCOCC(=O)CCCOCCOCC(=O)NCCCCC(C)C(N)=O. The van der Waals surface area contributed by atoms with Crippen molar-refractivity contribution in [2.45, 2.75) is 111 Å². The van der Waals surface area contributed by atoms with E-state index in [0.29, 0.717) is 97.8 Å². The number of amides is 7. The van der Waals surface area contributed by atoms with Gasteiger partial charge >= 0.3 is 0 Å². The lowest BCUT2D eigenvalue weighted by molar-refractivity contribution is -0.140. The predicted molar refractivity (Wildman–Crippen MR) is 242 cm³/mol. The summed E-state index contributed by atoms with van der Waals surface area (Å²) < 4.78 is 31.8. The molecule has 3 unspecified atom stereocenters. The number of rotatable bonds is 42. The van der Waals surface area contributed by atoms with Crippen molar-refractivity contribution in [3.8, 4) is 0 Å². The highest BCUT2D eigenvalue weighted by molar-refractivity contribution is 6.03. The molecule has 0 aliphatic carbocycles. The van der Waals surface area contributed by atoms with Gasteiger partial charge in [0.25, 0.3) is 0 Å². The van der Waals surface area contributed by atoms with Crippen LogP contribution in [0.1, 0.15) is 111 Å². The summed E-state index contributed by atoms with van der Waals surface area (Å²) >= 11 is 0. The van der Waals surface area contributed by atoms with Gasteiger partial charge in [-0.15, -0.1) is 0 Å². The molecule has 21 heteroatoms. The molecule has 380 valence electrons. The quantitative estimate of drug-likeness (QED) is 0.0420. The summed E-state index contributed by atoms with van der Waals surface area (Å²) in [7, 11) is 0. The Kier molecular flexibility index (Phi) is 38.1. The molecular formula is C45H80N6O15. The standard InChI is InChI=1S/C24H44N2O8.C21H36N4O7/c1-3-21(27)9-6-12-31-14-16-33-18-22(28)10-7-13-32-15-17-34-19-23(29)26-11-5-4-8-20(2)24(25)30;1-15(20(22)29)5-3-4-7-23-18(27)14-32-12-11-31-10-8-24-17(26)6-9-25-19(28)13-16(2)21(25)30/h20H,3-19H2,1-2H3,(H2,25,30)(H,26,29);15-16H,3-14H2,1-2H3,(H2,22,29)(H,23,27)(H,24,26). The van der Waals surface area contributed by atoms with E-state index >= 15 is 0 Å². The number of hydrogen-bond acceptors (Lipinski definition) is 15. The molecular weight excluding hydrogens is 865 g/mol. The van der Waals surface area contributed by atoms with Crippen molar-refractivity contribution in [2.24, 2.45) is 29.2 Å². The second kappa shape index (κ2) is 40.8. The van der Waals surface area contributed by atoms with Crippen molar-refractivity contribution in [2.75, 3.05) is 105 Å². The molecule has 1 saturated heterocycles. The first-order chi connectivity index (χ1) is 31.6. The van der Waals surface area contributed by atoms with Crippen LogP contribution < -0.4 is 27.4 Å². The van der Waals surface area contributed by atoms with Crippen LogP contribution in [-0.4, -0.2) is 163 Å². The molecule has 1 heterocycles. The summed E-state index contributed by atoms with van der Waals surface area (Å²) in [6.45, 7) is 11.7. The predicted octanol–water partition coefficient (Wildman–Crippen LogP) is 0.898. The topological polar surface area (TPSA) is 300 Å². The summed E-state index contributed by atoms with van der Waals surface area (Å²) in [6, 6.07) is 0. The average molecular weight is 945 g/mol. The van der Waals surface area contributed by atoms with Crippen LogP contribution in [0.5, 0.6) is 0 Å². The van der Waals surface area contributed by atoms with Crippen molar-refractivity contribution < 1.29 is 71.6 Å². The molecule has 21 nitrogen and oxygen atoms in total. The zero-order chi connectivity index (χ0) is 49.4. The van der Waals surface area contributed by atoms with Crippen LogP contribution >= 0.6 is 0 Å². The van der Waals surface area contributed by atoms with Crippen LogP contribution in [0.2, 0.25) is 0 Å². The van der Waals surface area contributed by atoms with Gasteiger partial charge in [-0.2, -0.15) is 0 Å². The summed E-state index contributed by atoms with van der Waals surface area (Å²) in [5.74, 6) is -2.10. The number of unbranched alkanes of at least 4 members (excludes halogenated alkanes) is 2. The highest BCUT2D eigenvalue weighted by atomic mass is 16.5. The van der Waals surface area contributed by atoms with Gasteiger partial charge in [0, 0.05) is 89.3 Å². The van der Waals surface area contributed by atoms with Gasteiger partial charge in [-0.05, 0) is 38.5 Å². The van der Waals surface area contributed by atoms with Gasteiger partial charge in [-0.25, -0.2) is 0 Å². The van der Waals surface area contributed by atoms with Gasteiger partial charge in [0.15, 0.2) is 5.78 Å². The average Bonchev–Trinajstić information content (AvgIpc) is 3.53. The van der Waals surface area contributed by atoms with E-state index in [-0.39, 0.29) is 130 Å². The fourth-order valence-corrected chi connectivity index (χ4v) is 5.81. The number of carbonyl (C=O) groups is 9. The third-order valence-electron chi connectivity index (χ3n) is 10.1. The lowest BCUT2D eigenvalue weighted by Gasteiger charge is -2.14. The van der Waals surface area contributed by atoms with Crippen LogP contribution in [0, 0.1) is 17.8 Å². The molecule has 0 spiro atoms. The van der Waals surface area contributed by atoms with E-state index in [0.717, 1.165) is 37.0 Å². The number of primary amides is 2. The van der Waals surface area contributed by atoms with Crippen LogP contribution in [-0.2, 0) is 71.6 Å². The van der Waals surface area contributed by atoms with E-state index in [4.69, 9.17) is 39.9 Å². The van der Waals surface area contributed by atoms with Crippen molar-refractivity contribution in [1.29, 1.82) is 0 Å². The minimum Gasteiger partial charge on any atom is -0.379 e. The molecule has 3 atom stereocenters. The molecule has 66 heavy (non-hydrogen) atoms. The van der Waals surface area contributed by atoms with Gasteiger partial charge < -0.3 is 55.8 Å². The number of nitrogens with two attached hydrogens (primary N) is 2. The van der Waals surface area contributed by atoms with E-state index in [9.17, 15) is 43.2 Å². The molecule has 7 amide bonds. The molecule has 1 fully saturated rings. The number of likely N-dealkylation sites (tertiary alicyclic amines) is 1. The Hall–Kier alpha value is -4.41. The van der Waals surface area contributed by atoms with Gasteiger partial charge in [-0.3, -0.25) is 48.1 Å². The van der Waals surface area contributed by atoms with Gasteiger partial charge in [0.1, 0.15) is 25.6 Å². The van der Waals surface area contributed by atoms with Gasteiger partial charge in [0.2, 0.25) is 41.4 Å². The zero-order valence-electron chi connectivity index (χ0n) is 40.0. The maximum Gasteiger partial charge on any atom is 0.245 e. The number of Topliss-reactive ketones (excluding diaryl/α,β-unsaturated/α-hetero) is 2. The third-order valence-corrected chi connectivity index (χ3v) is 10.1. The molecule has 0 aromatic rings. The summed E-state index contributed by atoms with van der Waals surface area (Å²) in [5, 5.41) is 8.15. The van der Waals surface area contributed by atoms with E-state index in [1.54, 1.807) is 20.8 Å². The Balaban J connectivity index is 0.00000128. The molecule has 1 aliphatic rings. The number of ether oxygens (including phenoxy) is 6. The van der Waals surface area contributed by atoms with E-state index in [1.807, 2.05) is 6.92 Å². The Morgan fingerprint density at radius 3 is 1.45 bits per heavy atom. The van der Waals surface area contributed by atoms with Crippen molar-refractivity contribution in [3.05, 3.63) is 0 Å². The van der Waals surface area contributed by atoms with Crippen LogP contribution in [0.15, 0.2) is 0 Å². The molecule has 0 saturated carbocycles. The maximum absolute atomic E-state index is 11.8. The Morgan fingerprint density at radius 2 is 1.00 bits per heavy atom. The summed E-state index contributed by atoms with van der Waals surface area (Å²) in [6.07, 6.45) is 7.66. The Bertz CT molecular complexity index is 1440. The van der Waals surface area contributed by atoms with Crippen molar-refractivity contribution >= 4 is 52.9 Å². The normalized spacial score (nSPS) is 14.2. The first-order valence-corrected chi connectivity index (χ1v) is 23.3. The molecule has 0 bridgehead atoms. The Labute approximate surface area is 390 Å². The third kappa shape index (κ3) is 35.8. The second-order valence-corrected chi connectivity index (χ2v) is 16.0. The fourth-order valence-electron chi connectivity index (χ4n) is 5.81. The first-order valence-electron chi connectivity index (χ1n) is 23.3. The molecule has 0 aromatic carbocycles. The number of imide groups is 1. The van der Waals surface area contributed by atoms with Crippen molar-refractivity contribution in [1.82, 2.24) is 20.9 Å². The summed E-state index contributed by atoms with van der Waals surface area (Å²) in [5.41, 5.74) is 10.4. The van der Waals surface area contributed by atoms with Gasteiger partial charge in [0.05, 0.1) is 46.2 Å². The zero-order valence-corrected chi connectivity index (χ0v) is 40.0. The highest BCUT2D eigenvalue weighted by Crippen LogP contribution is 2.18. The van der Waals surface area contributed by atoms with Crippen LogP contribution in [0.4, 0.5) is 0 Å². The lowest BCUT2D eigenvalue weighted by Crippen LogP contribution is -2.35. The lowest BCUT2D eigenvalue weighted by atomic mass is 10.0. The number of ketones is 2. The smallest absolute Gasteiger partial charge is 0.245 e. The van der Waals surface area contributed by atoms with Crippen molar-refractivity contribution in [3.63, 3.8) is 0 Å². The van der Waals surface area contributed by atoms with Crippen LogP contribution in [0.25, 0.3) is 0 Å². The number of nitrogens with one attached hydrogen (secondary N) is 3. The second-order valence-electron chi connectivity index (χ2n) is 16.0. The summed E-state index contributed by atoms with van der Waals surface area (Å²) in [4.78, 5) is 104. The number of carbonyl (C=O) groups excluding carboxylic acids is 9. The molecule has 0 radical (unpaired) electrons. The molecule has 1 rings (SSSR count). The molecule has 0 aromatic heterocycles. The number of nitrogens with zero attached hydrogens (tertiary/aromatic N) is 1.